The van der Waals surface area contributed by atoms with Gasteiger partial charge in [-0.25, -0.2) is 4.98 Å². The fourth-order valence-corrected chi connectivity index (χ4v) is 4.05. The molecule has 20 heavy (non-hydrogen) atoms. The molecule has 1 aliphatic carbocycles. The van der Waals surface area contributed by atoms with Crippen molar-refractivity contribution in [3.05, 3.63) is 10.6 Å². The van der Waals surface area contributed by atoms with Gasteiger partial charge in [0, 0.05) is 13.6 Å². The number of aliphatic hydroxyl groups excluding tert-OH is 1. The highest BCUT2D eigenvalue weighted by Gasteiger charge is 2.20. The molecular weight excluding hydrogens is 268 g/mol. The molecular formula is C16H28N2OS. The summed E-state index contributed by atoms with van der Waals surface area (Å²) in [5.41, 5.74) is 1.10. The molecule has 1 heterocycles. The number of aromatic nitrogens is 1. The van der Waals surface area contributed by atoms with Crippen LogP contribution in [-0.4, -0.2) is 23.7 Å². The largest absolute Gasteiger partial charge is 0.391 e. The molecule has 1 aliphatic rings. The van der Waals surface area contributed by atoms with Crippen molar-refractivity contribution in [3.8, 4) is 0 Å². The minimum absolute atomic E-state index is 0.120. The molecule has 0 amide bonds. The van der Waals surface area contributed by atoms with Gasteiger partial charge < -0.3 is 10.0 Å². The van der Waals surface area contributed by atoms with E-state index in [1.54, 1.807) is 11.3 Å². The van der Waals surface area contributed by atoms with E-state index in [-0.39, 0.29) is 6.61 Å². The smallest absolute Gasteiger partial charge is 0.185 e. The van der Waals surface area contributed by atoms with Crippen LogP contribution in [0.4, 0.5) is 5.13 Å². The van der Waals surface area contributed by atoms with Crippen LogP contribution in [0.25, 0.3) is 0 Å². The van der Waals surface area contributed by atoms with Crippen LogP contribution in [0.5, 0.6) is 0 Å². The Morgan fingerprint density at radius 3 is 2.65 bits per heavy atom. The molecule has 0 aromatic carbocycles. The highest BCUT2D eigenvalue weighted by atomic mass is 32.1. The zero-order chi connectivity index (χ0) is 14.5. The maximum absolute atomic E-state index is 9.53. The predicted molar refractivity (Wildman–Crippen MR) is 86.6 cm³/mol. The number of thiazole rings is 1. The van der Waals surface area contributed by atoms with Crippen molar-refractivity contribution >= 4 is 16.5 Å². The SMILES string of the molecule is CCC(C)c1nc(N(C)CC2CCCCC2)sc1CO. The van der Waals surface area contributed by atoms with Gasteiger partial charge in [-0.05, 0) is 31.1 Å². The highest BCUT2D eigenvalue weighted by Crippen LogP contribution is 2.33. The fourth-order valence-electron chi connectivity index (χ4n) is 3.04. The number of hydrogen-bond donors (Lipinski definition) is 1. The van der Waals surface area contributed by atoms with Crippen LogP contribution in [0.3, 0.4) is 0 Å². The first kappa shape index (κ1) is 15.8. The van der Waals surface area contributed by atoms with Gasteiger partial charge in [-0.3, -0.25) is 0 Å². The number of anilines is 1. The van der Waals surface area contributed by atoms with Crippen LogP contribution in [0.1, 0.15) is 68.9 Å². The molecule has 1 aromatic rings. The Balaban J connectivity index is 2.05. The van der Waals surface area contributed by atoms with E-state index in [0.29, 0.717) is 5.92 Å². The van der Waals surface area contributed by atoms with Gasteiger partial charge in [0.1, 0.15) is 0 Å². The van der Waals surface area contributed by atoms with E-state index < -0.39 is 0 Å². The minimum Gasteiger partial charge on any atom is -0.391 e. The average molecular weight is 296 g/mol. The summed E-state index contributed by atoms with van der Waals surface area (Å²) in [5.74, 6) is 1.26. The second-order valence-corrected chi connectivity index (χ2v) is 7.22. The molecule has 0 bridgehead atoms. The van der Waals surface area contributed by atoms with E-state index in [1.807, 2.05) is 0 Å². The van der Waals surface area contributed by atoms with Gasteiger partial charge in [0.2, 0.25) is 0 Å². The van der Waals surface area contributed by atoms with E-state index in [9.17, 15) is 5.11 Å². The maximum Gasteiger partial charge on any atom is 0.185 e. The van der Waals surface area contributed by atoms with Crippen molar-refractivity contribution in [2.24, 2.45) is 5.92 Å². The first-order valence-electron chi connectivity index (χ1n) is 7.97. The fraction of sp³-hybridized carbons (Fsp3) is 0.812. The van der Waals surface area contributed by atoms with E-state index in [0.717, 1.165) is 34.6 Å². The van der Waals surface area contributed by atoms with Gasteiger partial charge in [0.25, 0.3) is 0 Å². The molecule has 1 atom stereocenters. The van der Waals surface area contributed by atoms with Crippen LogP contribution in [0.2, 0.25) is 0 Å². The standard InChI is InChI=1S/C16H28N2OS/c1-4-12(2)15-14(11-19)20-16(17-15)18(3)10-13-8-6-5-7-9-13/h12-13,19H,4-11H2,1-3H3. The van der Waals surface area contributed by atoms with Crippen molar-refractivity contribution in [2.45, 2.75) is 64.9 Å². The number of nitrogens with zero attached hydrogens (tertiary/aromatic N) is 2. The van der Waals surface area contributed by atoms with Crippen molar-refractivity contribution in [3.63, 3.8) is 0 Å². The highest BCUT2D eigenvalue weighted by molar-refractivity contribution is 7.15. The molecule has 0 saturated heterocycles. The molecule has 0 aliphatic heterocycles. The first-order chi connectivity index (χ1) is 9.65. The normalized spacial score (nSPS) is 18.2. The van der Waals surface area contributed by atoms with Crippen LogP contribution < -0.4 is 4.90 Å². The van der Waals surface area contributed by atoms with Crippen LogP contribution in [-0.2, 0) is 6.61 Å². The van der Waals surface area contributed by atoms with Gasteiger partial charge in [-0.15, -0.1) is 0 Å². The van der Waals surface area contributed by atoms with Crippen molar-refractivity contribution in [2.75, 3.05) is 18.5 Å². The average Bonchev–Trinajstić information content (AvgIpc) is 2.92. The van der Waals surface area contributed by atoms with Gasteiger partial charge in [-0.2, -0.15) is 0 Å². The Bertz CT molecular complexity index is 413. The molecule has 0 radical (unpaired) electrons. The quantitative estimate of drug-likeness (QED) is 0.856. The van der Waals surface area contributed by atoms with Crippen LogP contribution in [0, 0.1) is 5.92 Å². The third-order valence-corrected chi connectivity index (χ3v) is 5.69. The Morgan fingerprint density at radius 2 is 2.05 bits per heavy atom. The summed E-state index contributed by atoms with van der Waals surface area (Å²) < 4.78 is 0. The van der Waals surface area contributed by atoms with Crippen molar-refractivity contribution in [1.29, 1.82) is 0 Å². The monoisotopic (exact) mass is 296 g/mol. The Hall–Kier alpha value is -0.610. The number of rotatable bonds is 6. The van der Waals surface area contributed by atoms with Crippen molar-refractivity contribution < 1.29 is 5.11 Å². The molecule has 1 fully saturated rings. The topological polar surface area (TPSA) is 36.4 Å². The molecule has 4 heteroatoms. The second-order valence-electron chi connectivity index (χ2n) is 6.16. The summed E-state index contributed by atoms with van der Waals surface area (Å²) in [6.07, 6.45) is 7.97. The summed E-state index contributed by atoms with van der Waals surface area (Å²) in [4.78, 5) is 8.15. The molecule has 1 N–H and O–H groups in total. The van der Waals surface area contributed by atoms with E-state index >= 15 is 0 Å². The molecule has 3 nitrogen and oxygen atoms in total. The lowest BCUT2D eigenvalue weighted by Gasteiger charge is -2.26. The van der Waals surface area contributed by atoms with E-state index in [2.05, 4.69) is 25.8 Å². The Labute approximate surface area is 127 Å². The number of aliphatic hydroxyl groups is 1. The lowest BCUT2D eigenvalue weighted by molar-refractivity contribution is 0.283. The maximum atomic E-state index is 9.53. The zero-order valence-electron chi connectivity index (χ0n) is 13.1. The van der Waals surface area contributed by atoms with E-state index in [1.165, 1.54) is 32.1 Å². The molecule has 2 rings (SSSR count). The van der Waals surface area contributed by atoms with Gasteiger partial charge >= 0.3 is 0 Å². The van der Waals surface area contributed by atoms with Crippen LogP contribution >= 0.6 is 11.3 Å². The molecule has 1 aromatic heterocycles. The van der Waals surface area contributed by atoms with Gasteiger partial charge in [0.05, 0.1) is 17.2 Å². The Morgan fingerprint density at radius 1 is 1.35 bits per heavy atom. The summed E-state index contributed by atoms with van der Waals surface area (Å²) in [7, 11) is 2.15. The second kappa shape index (κ2) is 7.41. The molecule has 114 valence electrons. The zero-order valence-corrected chi connectivity index (χ0v) is 13.9. The lowest BCUT2D eigenvalue weighted by Crippen LogP contribution is -2.26. The minimum atomic E-state index is 0.120. The summed E-state index contributed by atoms with van der Waals surface area (Å²) >= 11 is 1.66. The Kier molecular flexibility index (Phi) is 5.85. The third-order valence-electron chi connectivity index (χ3n) is 4.52. The molecule has 1 saturated carbocycles. The van der Waals surface area contributed by atoms with Gasteiger partial charge in [-0.1, -0.05) is 44.4 Å². The number of hydrogen-bond acceptors (Lipinski definition) is 4. The summed E-state index contributed by atoms with van der Waals surface area (Å²) in [5, 5.41) is 10.6. The van der Waals surface area contributed by atoms with Gasteiger partial charge in [0.15, 0.2) is 5.13 Å². The summed E-state index contributed by atoms with van der Waals surface area (Å²) in [6.45, 7) is 5.60. The summed E-state index contributed by atoms with van der Waals surface area (Å²) in [6, 6.07) is 0. The predicted octanol–water partition coefficient (Wildman–Crippen LogP) is 4.17. The van der Waals surface area contributed by atoms with Crippen LogP contribution in [0.15, 0.2) is 0 Å². The van der Waals surface area contributed by atoms with E-state index in [4.69, 9.17) is 4.98 Å². The lowest BCUT2D eigenvalue weighted by atomic mass is 9.89. The third kappa shape index (κ3) is 3.73. The van der Waals surface area contributed by atoms with Crippen molar-refractivity contribution in [1.82, 2.24) is 4.98 Å². The molecule has 1 unspecified atom stereocenters. The molecule has 0 spiro atoms. The first-order valence-corrected chi connectivity index (χ1v) is 8.78.